The molecule has 10 heteroatoms. The zero-order valence-electron chi connectivity index (χ0n) is 9.93. The minimum absolute atomic E-state index is 0.0986. The monoisotopic (exact) mass is 336 g/mol. The molecule has 0 unspecified atom stereocenters. The van der Waals surface area contributed by atoms with E-state index in [0.29, 0.717) is 0 Å². The molecule has 0 aliphatic rings. The van der Waals surface area contributed by atoms with Crippen LogP contribution in [-0.4, -0.2) is 29.0 Å². The molecule has 0 atom stereocenters. The van der Waals surface area contributed by atoms with Crippen molar-refractivity contribution in [2.24, 2.45) is 0 Å². The van der Waals surface area contributed by atoms with Gasteiger partial charge in [-0.1, -0.05) is 23.7 Å². The number of benzene rings is 1. The molecule has 0 bridgehead atoms. The van der Waals surface area contributed by atoms with Gasteiger partial charge in [0.1, 0.15) is 0 Å². The molecule has 21 heavy (non-hydrogen) atoms. The van der Waals surface area contributed by atoms with Gasteiger partial charge in [-0.25, -0.2) is 4.79 Å². The average Bonchev–Trinajstić information content (AvgIpc) is 2.28. The third-order valence-electron chi connectivity index (χ3n) is 2.47. The van der Waals surface area contributed by atoms with Crippen LogP contribution in [0, 0.1) is 0 Å². The van der Waals surface area contributed by atoms with Gasteiger partial charge >= 0.3 is 23.9 Å². The van der Waals surface area contributed by atoms with E-state index in [1.807, 2.05) is 0 Å². The molecule has 0 aromatic heterocycles. The standard InChI is InChI=1S/C11H7ClF6O3/c12-7-3-1-6(2-4-7)5-21-9(8(19)20,10(13,14)15)11(16,17)18/h1-4H,5H2,(H,19,20). The van der Waals surface area contributed by atoms with Gasteiger partial charge in [0.05, 0.1) is 6.61 Å². The molecule has 0 spiro atoms. The summed E-state index contributed by atoms with van der Waals surface area (Å²) in [7, 11) is 0. The highest BCUT2D eigenvalue weighted by Crippen LogP contribution is 2.46. The lowest BCUT2D eigenvalue weighted by molar-refractivity contribution is -0.370. The van der Waals surface area contributed by atoms with Gasteiger partial charge < -0.3 is 9.84 Å². The van der Waals surface area contributed by atoms with Gasteiger partial charge in [-0.2, -0.15) is 26.3 Å². The van der Waals surface area contributed by atoms with E-state index in [4.69, 9.17) is 16.7 Å². The van der Waals surface area contributed by atoms with Crippen LogP contribution in [0.4, 0.5) is 26.3 Å². The molecular weight excluding hydrogens is 330 g/mol. The Morgan fingerprint density at radius 2 is 1.48 bits per heavy atom. The number of carboxylic acid groups (broad SMARTS) is 1. The van der Waals surface area contributed by atoms with Crippen LogP contribution < -0.4 is 0 Å². The number of hydrogen-bond donors (Lipinski definition) is 1. The fourth-order valence-electron chi connectivity index (χ4n) is 1.40. The zero-order chi connectivity index (χ0) is 16.5. The number of halogens is 7. The Hall–Kier alpha value is -1.48. The van der Waals surface area contributed by atoms with E-state index >= 15 is 0 Å². The molecule has 0 aliphatic heterocycles. The van der Waals surface area contributed by atoms with Crippen LogP contribution in [0.1, 0.15) is 5.56 Å². The van der Waals surface area contributed by atoms with Crippen LogP contribution >= 0.6 is 11.6 Å². The summed E-state index contributed by atoms with van der Waals surface area (Å²) in [6.07, 6.45) is -12.4. The third-order valence-corrected chi connectivity index (χ3v) is 2.72. The van der Waals surface area contributed by atoms with Crippen LogP contribution in [0.2, 0.25) is 5.02 Å². The van der Waals surface area contributed by atoms with E-state index in [1.54, 1.807) is 0 Å². The van der Waals surface area contributed by atoms with E-state index in [-0.39, 0.29) is 10.6 Å². The first kappa shape index (κ1) is 17.6. The third kappa shape index (κ3) is 3.41. The second kappa shape index (κ2) is 5.72. The van der Waals surface area contributed by atoms with Crippen LogP contribution in [0.3, 0.4) is 0 Å². The normalized spacial score (nSPS) is 13.3. The predicted octanol–water partition coefficient (Wildman–Crippen LogP) is 3.80. The maximum atomic E-state index is 12.6. The fourth-order valence-corrected chi connectivity index (χ4v) is 1.53. The molecule has 0 heterocycles. The molecule has 0 radical (unpaired) electrons. The summed E-state index contributed by atoms with van der Waals surface area (Å²) in [6, 6.07) is 4.65. The lowest BCUT2D eigenvalue weighted by Gasteiger charge is -2.33. The van der Waals surface area contributed by atoms with Crippen molar-refractivity contribution in [3.05, 3.63) is 34.9 Å². The van der Waals surface area contributed by atoms with Gasteiger partial charge in [0.15, 0.2) is 0 Å². The van der Waals surface area contributed by atoms with Crippen LogP contribution in [0.25, 0.3) is 0 Å². The topological polar surface area (TPSA) is 46.5 Å². The molecule has 1 aromatic carbocycles. The van der Waals surface area contributed by atoms with Gasteiger partial charge in [-0.3, -0.25) is 0 Å². The van der Waals surface area contributed by atoms with Crippen LogP contribution in [-0.2, 0) is 16.1 Å². The first-order valence-corrected chi connectivity index (χ1v) is 5.55. The molecule has 0 aliphatic carbocycles. The number of alkyl halides is 6. The highest BCUT2D eigenvalue weighted by Gasteiger charge is 2.78. The molecule has 0 saturated carbocycles. The van der Waals surface area contributed by atoms with Crippen LogP contribution in [0.5, 0.6) is 0 Å². The summed E-state index contributed by atoms with van der Waals surface area (Å²) in [5.41, 5.74) is -5.39. The van der Waals surface area contributed by atoms with Gasteiger partial charge in [-0.15, -0.1) is 0 Å². The van der Waals surface area contributed by atoms with Crippen LogP contribution in [0.15, 0.2) is 24.3 Å². The lowest BCUT2D eigenvalue weighted by Crippen LogP contribution is -2.64. The Bertz CT molecular complexity index is 494. The van der Waals surface area contributed by atoms with Gasteiger partial charge in [-0.05, 0) is 17.7 Å². The Labute approximate surface area is 119 Å². The highest BCUT2D eigenvalue weighted by molar-refractivity contribution is 6.30. The molecule has 1 N–H and O–H groups in total. The van der Waals surface area contributed by atoms with Gasteiger partial charge in [0.25, 0.3) is 0 Å². The molecule has 0 saturated heterocycles. The van der Waals surface area contributed by atoms with Crippen molar-refractivity contribution in [1.29, 1.82) is 0 Å². The van der Waals surface area contributed by atoms with Crippen molar-refractivity contribution in [1.82, 2.24) is 0 Å². The van der Waals surface area contributed by atoms with Crippen molar-refractivity contribution in [2.45, 2.75) is 24.6 Å². The largest absolute Gasteiger partial charge is 0.479 e. The minimum Gasteiger partial charge on any atom is -0.479 e. The number of aliphatic carboxylic acids is 1. The Morgan fingerprint density at radius 3 is 1.81 bits per heavy atom. The fraction of sp³-hybridized carbons (Fsp3) is 0.364. The van der Waals surface area contributed by atoms with Crippen molar-refractivity contribution in [2.75, 3.05) is 0 Å². The second-order valence-corrected chi connectivity index (χ2v) is 4.33. The van der Waals surface area contributed by atoms with Crippen molar-refractivity contribution in [3.8, 4) is 0 Å². The average molecular weight is 337 g/mol. The number of ether oxygens (including phenoxy) is 1. The SMILES string of the molecule is O=C(O)C(OCc1ccc(Cl)cc1)(C(F)(F)F)C(F)(F)F. The molecule has 3 nitrogen and oxygen atoms in total. The van der Waals surface area contributed by atoms with Gasteiger partial charge in [0, 0.05) is 5.02 Å². The van der Waals surface area contributed by atoms with Crippen molar-refractivity contribution in [3.63, 3.8) is 0 Å². The molecule has 118 valence electrons. The Kier molecular flexibility index (Phi) is 4.79. The summed E-state index contributed by atoms with van der Waals surface area (Å²) >= 11 is 5.50. The number of carbonyl (C=O) groups is 1. The molecule has 1 aromatic rings. The Balaban J connectivity index is 3.14. The van der Waals surface area contributed by atoms with E-state index in [9.17, 15) is 31.1 Å². The van der Waals surface area contributed by atoms with Gasteiger partial charge in [0.2, 0.25) is 0 Å². The zero-order valence-corrected chi connectivity index (χ0v) is 10.7. The maximum Gasteiger partial charge on any atom is 0.437 e. The highest BCUT2D eigenvalue weighted by atomic mass is 35.5. The molecule has 1 rings (SSSR count). The summed E-state index contributed by atoms with van der Waals surface area (Å²) in [6.45, 7) is -1.21. The quantitative estimate of drug-likeness (QED) is 0.851. The molecule has 0 fully saturated rings. The smallest absolute Gasteiger partial charge is 0.437 e. The van der Waals surface area contributed by atoms with Crippen molar-refractivity contribution < 1.29 is 41.0 Å². The first-order valence-electron chi connectivity index (χ1n) is 5.17. The number of rotatable bonds is 4. The summed E-state index contributed by atoms with van der Waals surface area (Å²) in [5, 5.41) is 8.63. The second-order valence-electron chi connectivity index (χ2n) is 3.90. The summed E-state index contributed by atoms with van der Waals surface area (Å²) in [4.78, 5) is 10.6. The minimum atomic E-state index is -6.18. The van der Waals surface area contributed by atoms with E-state index in [1.165, 1.54) is 12.1 Å². The predicted molar refractivity (Wildman–Crippen MR) is 58.7 cm³/mol. The first-order chi connectivity index (χ1) is 9.42. The lowest BCUT2D eigenvalue weighted by atomic mass is 10.0. The summed E-state index contributed by atoms with van der Waals surface area (Å²) in [5.74, 6) is -3.18. The van der Waals surface area contributed by atoms with E-state index in [2.05, 4.69) is 4.74 Å². The molecule has 0 amide bonds. The number of hydrogen-bond acceptors (Lipinski definition) is 2. The van der Waals surface area contributed by atoms with E-state index in [0.717, 1.165) is 12.1 Å². The molecular formula is C11H7ClF6O3. The maximum absolute atomic E-state index is 12.6. The summed E-state index contributed by atoms with van der Waals surface area (Å²) < 4.78 is 79.6. The Morgan fingerprint density at radius 1 is 1.05 bits per heavy atom. The van der Waals surface area contributed by atoms with E-state index < -0.39 is 30.5 Å². The number of carboxylic acids is 1. The van der Waals surface area contributed by atoms with Crippen molar-refractivity contribution >= 4 is 17.6 Å².